The highest BCUT2D eigenvalue weighted by Crippen LogP contribution is 2.21. The van der Waals surface area contributed by atoms with Crippen LogP contribution in [0.4, 0.5) is 15.8 Å². The Balaban J connectivity index is 2.11. The average Bonchev–Trinajstić information content (AvgIpc) is 2.56. The molecule has 2 rings (SSSR count). The van der Waals surface area contributed by atoms with E-state index in [9.17, 15) is 14.0 Å². The second kappa shape index (κ2) is 8.21. The fraction of sp³-hybridized carbons (Fsp3) is 0.222. The zero-order valence-electron chi connectivity index (χ0n) is 13.4. The quantitative estimate of drug-likeness (QED) is 0.761. The molecule has 0 atom stereocenters. The Kier molecular flexibility index (Phi) is 6.03. The summed E-state index contributed by atoms with van der Waals surface area (Å²) in [5.74, 6) is -1.02. The van der Waals surface area contributed by atoms with E-state index in [1.807, 2.05) is 6.92 Å². The summed E-state index contributed by atoms with van der Waals surface area (Å²) in [6.07, 6.45) is 0.955. The average molecular weight is 329 g/mol. The SMILES string of the molecule is Cc1ccc(NC(=O)CCCN)cc1NC(=O)c1cccc(F)c1. The van der Waals surface area contributed by atoms with Crippen molar-refractivity contribution >= 4 is 23.2 Å². The highest BCUT2D eigenvalue weighted by Gasteiger charge is 2.10. The lowest BCUT2D eigenvalue weighted by Gasteiger charge is -2.12. The van der Waals surface area contributed by atoms with Crippen molar-refractivity contribution in [3.05, 3.63) is 59.4 Å². The molecular weight excluding hydrogens is 309 g/mol. The maximum atomic E-state index is 13.2. The molecule has 2 aromatic rings. The molecule has 0 fully saturated rings. The minimum Gasteiger partial charge on any atom is -0.330 e. The van der Waals surface area contributed by atoms with Crippen LogP contribution in [0.1, 0.15) is 28.8 Å². The minimum absolute atomic E-state index is 0.133. The van der Waals surface area contributed by atoms with Gasteiger partial charge in [-0.3, -0.25) is 9.59 Å². The number of hydrogen-bond donors (Lipinski definition) is 3. The van der Waals surface area contributed by atoms with Crippen molar-refractivity contribution in [2.24, 2.45) is 5.73 Å². The summed E-state index contributed by atoms with van der Waals surface area (Å²) in [4.78, 5) is 24.0. The van der Waals surface area contributed by atoms with Crippen LogP contribution in [0.2, 0.25) is 0 Å². The van der Waals surface area contributed by atoms with E-state index in [1.54, 1.807) is 18.2 Å². The smallest absolute Gasteiger partial charge is 0.255 e. The number of benzene rings is 2. The van der Waals surface area contributed by atoms with Gasteiger partial charge in [-0.2, -0.15) is 0 Å². The predicted molar refractivity (Wildman–Crippen MR) is 92.5 cm³/mol. The molecule has 0 saturated carbocycles. The molecule has 0 aliphatic heterocycles. The molecule has 6 heteroatoms. The molecule has 0 saturated heterocycles. The lowest BCUT2D eigenvalue weighted by molar-refractivity contribution is -0.116. The van der Waals surface area contributed by atoms with Crippen LogP contribution in [-0.4, -0.2) is 18.4 Å². The van der Waals surface area contributed by atoms with E-state index in [2.05, 4.69) is 10.6 Å². The molecule has 2 amide bonds. The molecule has 0 aliphatic rings. The van der Waals surface area contributed by atoms with Crippen LogP contribution in [-0.2, 0) is 4.79 Å². The predicted octanol–water partition coefficient (Wildman–Crippen LogP) is 3.06. The number of rotatable bonds is 6. The van der Waals surface area contributed by atoms with Gasteiger partial charge in [0.15, 0.2) is 0 Å². The van der Waals surface area contributed by atoms with E-state index < -0.39 is 11.7 Å². The van der Waals surface area contributed by atoms with E-state index in [-0.39, 0.29) is 11.5 Å². The summed E-state index contributed by atoms with van der Waals surface area (Å²) < 4.78 is 13.2. The van der Waals surface area contributed by atoms with Crippen LogP contribution >= 0.6 is 0 Å². The largest absolute Gasteiger partial charge is 0.330 e. The summed E-state index contributed by atoms with van der Waals surface area (Å²) in [6.45, 7) is 2.29. The first kappa shape index (κ1) is 17.6. The maximum Gasteiger partial charge on any atom is 0.255 e. The molecule has 0 heterocycles. The van der Waals surface area contributed by atoms with Gasteiger partial charge < -0.3 is 16.4 Å². The van der Waals surface area contributed by atoms with Crippen molar-refractivity contribution in [2.45, 2.75) is 19.8 Å². The van der Waals surface area contributed by atoms with Gasteiger partial charge in [0.25, 0.3) is 5.91 Å². The summed E-state index contributed by atoms with van der Waals surface area (Å²) in [7, 11) is 0. The third-order valence-electron chi connectivity index (χ3n) is 3.46. The van der Waals surface area contributed by atoms with E-state index in [0.29, 0.717) is 30.8 Å². The number of aryl methyl sites for hydroxylation is 1. The first-order valence-corrected chi connectivity index (χ1v) is 7.67. The summed E-state index contributed by atoms with van der Waals surface area (Å²) in [6, 6.07) is 10.7. The number of nitrogens with one attached hydrogen (secondary N) is 2. The highest BCUT2D eigenvalue weighted by molar-refractivity contribution is 6.05. The Labute approximate surface area is 140 Å². The second-order valence-corrected chi connectivity index (χ2v) is 5.43. The van der Waals surface area contributed by atoms with E-state index in [1.165, 1.54) is 24.3 Å². The number of carbonyl (C=O) groups is 2. The first-order valence-electron chi connectivity index (χ1n) is 7.67. The van der Waals surface area contributed by atoms with Crippen LogP contribution in [0.5, 0.6) is 0 Å². The molecule has 0 unspecified atom stereocenters. The van der Waals surface area contributed by atoms with Gasteiger partial charge in [-0.15, -0.1) is 0 Å². The van der Waals surface area contributed by atoms with Gasteiger partial charge >= 0.3 is 0 Å². The van der Waals surface area contributed by atoms with Crippen molar-refractivity contribution in [3.63, 3.8) is 0 Å². The van der Waals surface area contributed by atoms with Crippen molar-refractivity contribution < 1.29 is 14.0 Å². The Morgan fingerprint density at radius 2 is 1.92 bits per heavy atom. The summed E-state index contributed by atoms with van der Waals surface area (Å²) in [5, 5.41) is 5.49. The van der Waals surface area contributed by atoms with Gasteiger partial charge in [-0.25, -0.2) is 4.39 Å². The van der Waals surface area contributed by atoms with Crippen molar-refractivity contribution in [1.82, 2.24) is 0 Å². The molecule has 2 aromatic carbocycles. The lowest BCUT2D eigenvalue weighted by Crippen LogP contribution is -2.15. The molecular formula is C18H20FN3O2. The van der Waals surface area contributed by atoms with Crippen molar-refractivity contribution in [1.29, 1.82) is 0 Å². The maximum absolute atomic E-state index is 13.2. The van der Waals surface area contributed by atoms with Gasteiger partial charge in [0.1, 0.15) is 5.82 Å². The number of amides is 2. The fourth-order valence-corrected chi connectivity index (χ4v) is 2.14. The van der Waals surface area contributed by atoms with Crippen molar-refractivity contribution in [2.75, 3.05) is 17.2 Å². The molecule has 5 nitrogen and oxygen atoms in total. The van der Waals surface area contributed by atoms with E-state index in [0.717, 1.165) is 5.56 Å². The monoisotopic (exact) mass is 329 g/mol. The van der Waals surface area contributed by atoms with Gasteiger partial charge in [0, 0.05) is 23.4 Å². The normalized spacial score (nSPS) is 10.3. The fourth-order valence-electron chi connectivity index (χ4n) is 2.14. The first-order chi connectivity index (χ1) is 11.5. The van der Waals surface area contributed by atoms with Crippen LogP contribution < -0.4 is 16.4 Å². The van der Waals surface area contributed by atoms with Gasteiger partial charge in [0.05, 0.1) is 0 Å². The Hall–Kier alpha value is -2.73. The molecule has 4 N–H and O–H groups in total. The minimum atomic E-state index is -0.472. The van der Waals surface area contributed by atoms with Crippen LogP contribution in [0.25, 0.3) is 0 Å². The number of anilines is 2. The lowest BCUT2D eigenvalue weighted by atomic mass is 10.1. The number of nitrogens with two attached hydrogens (primary N) is 1. The standard InChI is InChI=1S/C18H20FN3O2/c1-12-7-8-15(21-17(23)6-3-9-20)11-16(12)22-18(24)13-4-2-5-14(19)10-13/h2,4-5,7-8,10-11H,3,6,9,20H2,1H3,(H,21,23)(H,22,24). The molecule has 0 radical (unpaired) electrons. The van der Waals surface area contributed by atoms with Crippen LogP contribution in [0.3, 0.4) is 0 Å². The molecule has 0 aliphatic carbocycles. The Bertz CT molecular complexity index is 747. The summed E-state index contributed by atoms with van der Waals surface area (Å²) >= 11 is 0. The third-order valence-corrected chi connectivity index (χ3v) is 3.46. The second-order valence-electron chi connectivity index (χ2n) is 5.43. The van der Waals surface area contributed by atoms with Gasteiger partial charge in [-0.1, -0.05) is 12.1 Å². The van der Waals surface area contributed by atoms with Gasteiger partial charge in [0.2, 0.25) is 5.91 Å². The molecule has 0 bridgehead atoms. The number of carbonyl (C=O) groups excluding carboxylic acids is 2. The number of halogens is 1. The molecule has 24 heavy (non-hydrogen) atoms. The van der Waals surface area contributed by atoms with Crippen LogP contribution in [0.15, 0.2) is 42.5 Å². The van der Waals surface area contributed by atoms with Crippen LogP contribution in [0, 0.1) is 12.7 Å². The van der Waals surface area contributed by atoms with Gasteiger partial charge in [-0.05, 0) is 55.8 Å². The number of hydrogen-bond acceptors (Lipinski definition) is 3. The third kappa shape index (κ3) is 4.89. The Morgan fingerprint density at radius 1 is 1.12 bits per heavy atom. The summed E-state index contributed by atoms with van der Waals surface area (Å²) in [5.41, 5.74) is 7.58. The van der Waals surface area contributed by atoms with E-state index >= 15 is 0 Å². The van der Waals surface area contributed by atoms with Crippen molar-refractivity contribution in [3.8, 4) is 0 Å². The Morgan fingerprint density at radius 3 is 2.62 bits per heavy atom. The highest BCUT2D eigenvalue weighted by atomic mass is 19.1. The molecule has 0 aromatic heterocycles. The zero-order valence-corrected chi connectivity index (χ0v) is 13.4. The topological polar surface area (TPSA) is 84.2 Å². The zero-order chi connectivity index (χ0) is 17.5. The molecule has 126 valence electrons. The molecule has 0 spiro atoms. The van der Waals surface area contributed by atoms with E-state index in [4.69, 9.17) is 5.73 Å².